The van der Waals surface area contributed by atoms with Gasteiger partial charge in [-0.15, -0.1) is 0 Å². The Labute approximate surface area is 158 Å². The molecule has 138 valence electrons. The molecule has 0 radical (unpaired) electrons. The molecule has 0 N–H and O–H groups in total. The maximum atomic E-state index is 5.09. The Balaban J connectivity index is 2.37. The zero-order valence-electron chi connectivity index (χ0n) is 17.5. The van der Waals surface area contributed by atoms with E-state index in [2.05, 4.69) is 96.4 Å². The fourth-order valence-corrected chi connectivity index (χ4v) is 3.74. The minimum absolute atomic E-state index is 0.131. The number of hydrogen-bond acceptors (Lipinski definition) is 1. The first-order valence-corrected chi connectivity index (χ1v) is 9.73. The minimum atomic E-state index is 0.131. The van der Waals surface area contributed by atoms with Crippen molar-refractivity contribution < 1.29 is 0 Å². The molecule has 2 heteroatoms. The number of imidazole rings is 1. The van der Waals surface area contributed by atoms with Crippen molar-refractivity contribution in [2.75, 3.05) is 0 Å². The largest absolute Gasteiger partial charge is 0.321 e. The van der Waals surface area contributed by atoms with E-state index in [1.807, 2.05) is 0 Å². The summed E-state index contributed by atoms with van der Waals surface area (Å²) in [7, 11) is 0. The Bertz CT molecular complexity index is 937. The van der Waals surface area contributed by atoms with Crippen molar-refractivity contribution in [3.8, 4) is 11.4 Å². The predicted molar refractivity (Wildman–Crippen MR) is 113 cm³/mol. The predicted octanol–water partition coefficient (Wildman–Crippen LogP) is 7.01. The third-order valence-electron chi connectivity index (χ3n) is 5.22. The van der Waals surface area contributed by atoms with Crippen LogP contribution in [0.2, 0.25) is 0 Å². The van der Waals surface area contributed by atoms with E-state index in [4.69, 9.17) is 4.98 Å². The summed E-state index contributed by atoms with van der Waals surface area (Å²) >= 11 is 0. The third kappa shape index (κ3) is 3.18. The van der Waals surface area contributed by atoms with Gasteiger partial charge in [-0.3, -0.25) is 0 Å². The van der Waals surface area contributed by atoms with E-state index in [0.717, 1.165) is 11.3 Å². The second kappa shape index (κ2) is 6.57. The molecule has 3 rings (SSSR count). The number of hydrogen-bond donors (Lipinski definition) is 0. The molecular weight excluding hydrogens is 316 g/mol. The summed E-state index contributed by atoms with van der Waals surface area (Å²) in [6.45, 7) is 18.0. The van der Waals surface area contributed by atoms with Gasteiger partial charge in [0, 0.05) is 11.6 Å². The van der Waals surface area contributed by atoms with Crippen LogP contribution >= 0.6 is 0 Å². The van der Waals surface area contributed by atoms with Crippen LogP contribution in [0.4, 0.5) is 0 Å². The average Bonchev–Trinajstić information content (AvgIpc) is 2.91. The molecule has 1 aromatic heterocycles. The molecule has 2 nitrogen and oxygen atoms in total. The first kappa shape index (κ1) is 18.7. The maximum absolute atomic E-state index is 5.09. The Morgan fingerprint density at radius 3 is 2.23 bits per heavy atom. The molecule has 0 aliphatic rings. The van der Waals surface area contributed by atoms with Crippen molar-refractivity contribution in [2.24, 2.45) is 0 Å². The number of rotatable bonds is 3. The second-order valence-corrected chi connectivity index (χ2v) is 9.05. The highest BCUT2D eigenvalue weighted by Gasteiger charge is 2.22. The Hall–Kier alpha value is -2.09. The van der Waals surface area contributed by atoms with Crippen molar-refractivity contribution in [2.45, 2.75) is 72.8 Å². The van der Waals surface area contributed by atoms with Crippen LogP contribution in [0.25, 0.3) is 22.4 Å². The Morgan fingerprint density at radius 2 is 1.65 bits per heavy atom. The topological polar surface area (TPSA) is 17.8 Å². The summed E-state index contributed by atoms with van der Waals surface area (Å²) in [6, 6.07) is 13.7. The van der Waals surface area contributed by atoms with Crippen molar-refractivity contribution >= 4 is 11.0 Å². The van der Waals surface area contributed by atoms with Crippen LogP contribution in [-0.4, -0.2) is 9.55 Å². The number of fused-ring (bicyclic) bond motifs is 1. The summed E-state index contributed by atoms with van der Waals surface area (Å²) in [5, 5.41) is 0. The van der Waals surface area contributed by atoms with Crippen LogP contribution in [-0.2, 0) is 5.41 Å². The molecule has 0 unspecified atom stereocenters. The van der Waals surface area contributed by atoms with E-state index in [0.29, 0.717) is 12.0 Å². The summed E-state index contributed by atoms with van der Waals surface area (Å²) in [4.78, 5) is 5.09. The van der Waals surface area contributed by atoms with Gasteiger partial charge in [0.05, 0.1) is 11.0 Å². The van der Waals surface area contributed by atoms with E-state index in [9.17, 15) is 0 Å². The van der Waals surface area contributed by atoms with Crippen LogP contribution in [0.1, 0.15) is 77.1 Å². The van der Waals surface area contributed by atoms with Gasteiger partial charge in [0.25, 0.3) is 0 Å². The van der Waals surface area contributed by atoms with E-state index in [-0.39, 0.29) is 5.41 Å². The summed E-state index contributed by atoms with van der Waals surface area (Å²) < 4.78 is 2.42. The summed E-state index contributed by atoms with van der Waals surface area (Å²) in [5.74, 6) is 1.57. The van der Waals surface area contributed by atoms with Crippen LogP contribution in [0.3, 0.4) is 0 Å². The smallest absolute Gasteiger partial charge is 0.141 e. The molecule has 0 saturated heterocycles. The van der Waals surface area contributed by atoms with E-state index in [1.54, 1.807) is 0 Å². The van der Waals surface area contributed by atoms with Gasteiger partial charge in [-0.2, -0.15) is 0 Å². The quantitative estimate of drug-likeness (QED) is 0.497. The van der Waals surface area contributed by atoms with Crippen LogP contribution in [0, 0.1) is 6.92 Å². The molecule has 0 bridgehead atoms. The lowest BCUT2D eigenvalue weighted by Gasteiger charge is -2.21. The fourth-order valence-electron chi connectivity index (χ4n) is 3.74. The second-order valence-electron chi connectivity index (χ2n) is 9.05. The van der Waals surface area contributed by atoms with Gasteiger partial charge in [-0.25, -0.2) is 4.98 Å². The minimum Gasteiger partial charge on any atom is -0.321 e. The number of nitrogens with zero attached hydrogens (tertiary/aromatic N) is 2. The molecule has 0 aliphatic heterocycles. The Morgan fingerprint density at radius 1 is 0.962 bits per heavy atom. The molecule has 1 heterocycles. The van der Waals surface area contributed by atoms with Crippen LogP contribution in [0.5, 0.6) is 0 Å². The van der Waals surface area contributed by atoms with E-state index < -0.39 is 0 Å². The van der Waals surface area contributed by atoms with Gasteiger partial charge >= 0.3 is 0 Å². The molecule has 3 aromatic rings. The normalized spacial score (nSPS) is 12.5. The summed E-state index contributed by atoms with van der Waals surface area (Å²) in [6.07, 6.45) is 0. The first-order valence-electron chi connectivity index (χ1n) is 9.73. The number of aromatic nitrogens is 2. The van der Waals surface area contributed by atoms with Crippen molar-refractivity contribution in [1.82, 2.24) is 9.55 Å². The molecule has 0 spiro atoms. The van der Waals surface area contributed by atoms with Gasteiger partial charge in [-0.05, 0) is 60.9 Å². The summed E-state index contributed by atoms with van der Waals surface area (Å²) in [5.41, 5.74) is 7.77. The van der Waals surface area contributed by atoms with Crippen LogP contribution in [0.15, 0.2) is 36.4 Å². The standard InChI is InChI=1S/C24H32N2/c1-15(2)19-11-9-10-17(5)22(19)23-25-20-13-12-18(24(6,7)8)14-21(20)26(23)16(3)4/h9-16H,1-8H3. The lowest BCUT2D eigenvalue weighted by Crippen LogP contribution is -2.11. The average molecular weight is 349 g/mol. The highest BCUT2D eigenvalue weighted by atomic mass is 15.1. The van der Waals surface area contributed by atoms with Gasteiger partial charge in [0.15, 0.2) is 0 Å². The third-order valence-corrected chi connectivity index (χ3v) is 5.22. The fraction of sp³-hybridized carbons (Fsp3) is 0.458. The molecular formula is C24H32N2. The van der Waals surface area contributed by atoms with Gasteiger partial charge < -0.3 is 4.57 Å². The van der Waals surface area contributed by atoms with E-state index in [1.165, 1.54) is 27.8 Å². The highest BCUT2D eigenvalue weighted by Crippen LogP contribution is 2.36. The van der Waals surface area contributed by atoms with E-state index >= 15 is 0 Å². The molecule has 26 heavy (non-hydrogen) atoms. The maximum Gasteiger partial charge on any atom is 0.141 e. The highest BCUT2D eigenvalue weighted by molar-refractivity contribution is 5.83. The van der Waals surface area contributed by atoms with Crippen LogP contribution < -0.4 is 0 Å². The lowest BCUT2D eigenvalue weighted by atomic mass is 9.87. The van der Waals surface area contributed by atoms with Gasteiger partial charge in [0.1, 0.15) is 5.82 Å². The zero-order valence-corrected chi connectivity index (χ0v) is 17.5. The SMILES string of the molecule is Cc1cccc(C(C)C)c1-c1nc2ccc(C(C)(C)C)cc2n1C(C)C. The first-order chi connectivity index (χ1) is 12.1. The van der Waals surface area contributed by atoms with Crippen molar-refractivity contribution in [3.05, 3.63) is 53.1 Å². The number of benzene rings is 2. The molecule has 0 amide bonds. The molecule has 0 aliphatic carbocycles. The lowest BCUT2D eigenvalue weighted by molar-refractivity contribution is 0.588. The van der Waals surface area contributed by atoms with Gasteiger partial charge in [0.2, 0.25) is 0 Å². The zero-order chi connectivity index (χ0) is 19.2. The molecule has 0 saturated carbocycles. The van der Waals surface area contributed by atoms with Gasteiger partial charge in [-0.1, -0.05) is 58.9 Å². The van der Waals surface area contributed by atoms with Crippen molar-refractivity contribution in [3.63, 3.8) is 0 Å². The number of aryl methyl sites for hydroxylation is 1. The molecule has 0 fully saturated rings. The monoisotopic (exact) mass is 348 g/mol. The molecule has 0 atom stereocenters. The van der Waals surface area contributed by atoms with Crippen molar-refractivity contribution in [1.29, 1.82) is 0 Å². The molecule has 2 aromatic carbocycles. The Kier molecular flexibility index (Phi) is 4.72.